The molecular weight excluding hydrogens is 346 g/mol. The van der Waals surface area contributed by atoms with E-state index in [0.717, 1.165) is 49.5 Å². The molecule has 0 aromatic heterocycles. The first kappa shape index (κ1) is 17.9. The summed E-state index contributed by atoms with van der Waals surface area (Å²) in [6.07, 6.45) is 2.43. The normalized spacial score (nSPS) is 24.4. The number of hydrogen-bond acceptors (Lipinski definition) is 4. The van der Waals surface area contributed by atoms with E-state index in [4.69, 9.17) is 9.47 Å². The first-order valence-electron chi connectivity index (χ1n) is 9.83. The maximum atomic E-state index is 12.8. The smallest absolute Gasteiger partial charge is 0.317 e. The average Bonchev–Trinajstić information content (AvgIpc) is 3.07. The van der Waals surface area contributed by atoms with Crippen molar-refractivity contribution < 1.29 is 19.1 Å². The molecule has 0 saturated carbocycles. The van der Waals surface area contributed by atoms with E-state index in [-0.39, 0.29) is 18.7 Å². The zero-order valence-corrected chi connectivity index (χ0v) is 15.8. The summed E-state index contributed by atoms with van der Waals surface area (Å²) >= 11 is 0. The lowest BCUT2D eigenvalue weighted by molar-refractivity contribution is -0.132. The number of carbonyl (C=O) groups is 2. The number of nitrogens with one attached hydrogen (secondary N) is 1. The molecule has 0 bridgehead atoms. The third kappa shape index (κ3) is 3.82. The van der Waals surface area contributed by atoms with Gasteiger partial charge < -0.3 is 24.6 Å². The Morgan fingerprint density at radius 2 is 2.00 bits per heavy atom. The van der Waals surface area contributed by atoms with Gasteiger partial charge in [0, 0.05) is 39.1 Å². The largest absolute Gasteiger partial charge is 0.454 e. The van der Waals surface area contributed by atoms with Gasteiger partial charge >= 0.3 is 6.03 Å². The zero-order valence-electron chi connectivity index (χ0n) is 15.8. The molecule has 3 aliphatic heterocycles. The number of amides is 3. The number of fused-ring (bicyclic) bond motifs is 2. The van der Waals surface area contributed by atoms with Crippen molar-refractivity contribution in [2.45, 2.75) is 32.7 Å². The van der Waals surface area contributed by atoms with Crippen LogP contribution in [0.2, 0.25) is 0 Å². The predicted molar refractivity (Wildman–Crippen MR) is 99.5 cm³/mol. The van der Waals surface area contributed by atoms with Gasteiger partial charge in [-0.2, -0.15) is 0 Å². The molecule has 3 amide bonds. The van der Waals surface area contributed by atoms with Gasteiger partial charge in [-0.1, -0.05) is 6.07 Å². The van der Waals surface area contributed by atoms with Crippen LogP contribution >= 0.6 is 0 Å². The summed E-state index contributed by atoms with van der Waals surface area (Å²) in [5, 5.41) is 2.88. The lowest BCUT2D eigenvalue weighted by Crippen LogP contribution is -2.48. The fourth-order valence-corrected chi connectivity index (χ4v) is 4.35. The Morgan fingerprint density at radius 3 is 2.85 bits per heavy atom. The Bertz CT molecular complexity index is 723. The van der Waals surface area contributed by atoms with E-state index in [1.54, 1.807) is 0 Å². The first-order chi connectivity index (χ1) is 13.1. The van der Waals surface area contributed by atoms with Crippen LogP contribution < -0.4 is 14.8 Å². The number of ether oxygens (including phenoxy) is 2. The highest BCUT2D eigenvalue weighted by Gasteiger charge is 2.36. The Hall–Kier alpha value is -2.44. The van der Waals surface area contributed by atoms with Gasteiger partial charge in [0.15, 0.2) is 11.5 Å². The van der Waals surface area contributed by atoms with Crippen LogP contribution in [0, 0.1) is 11.8 Å². The van der Waals surface area contributed by atoms with Gasteiger partial charge in [0.05, 0.1) is 0 Å². The molecule has 4 rings (SSSR count). The molecule has 2 atom stereocenters. The summed E-state index contributed by atoms with van der Waals surface area (Å²) in [6, 6.07) is 5.88. The van der Waals surface area contributed by atoms with Gasteiger partial charge in [0.1, 0.15) is 0 Å². The van der Waals surface area contributed by atoms with Crippen molar-refractivity contribution >= 4 is 11.9 Å². The molecule has 7 nitrogen and oxygen atoms in total. The van der Waals surface area contributed by atoms with Crippen molar-refractivity contribution in [3.63, 3.8) is 0 Å². The number of benzene rings is 1. The van der Waals surface area contributed by atoms with Crippen LogP contribution in [-0.4, -0.2) is 54.7 Å². The Kier molecular flexibility index (Phi) is 5.09. The second-order valence-corrected chi connectivity index (χ2v) is 7.59. The molecule has 1 N–H and O–H groups in total. The molecule has 0 radical (unpaired) electrons. The number of piperidine rings is 1. The number of nitrogens with zero attached hydrogens (tertiary/aromatic N) is 2. The highest BCUT2D eigenvalue weighted by atomic mass is 16.7. The van der Waals surface area contributed by atoms with Crippen LogP contribution in [0.4, 0.5) is 4.79 Å². The molecule has 146 valence electrons. The second kappa shape index (κ2) is 7.66. The van der Waals surface area contributed by atoms with Gasteiger partial charge in [0.25, 0.3) is 0 Å². The Labute approximate surface area is 159 Å². The first-order valence-corrected chi connectivity index (χ1v) is 9.83. The molecular formula is C20H27N3O4. The van der Waals surface area contributed by atoms with Crippen molar-refractivity contribution in [3.8, 4) is 11.5 Å². The molecule has 27 heavy (non-hydrogen) atoms. The third-order valence-corrected chi connectivity index (χ3v) is 5.88. The zero-order chi connectivity index (χ0) is 18.8. The van der Waals surface area contributed by atoms with E-state index in [0.29, 0.717) is 31.3 Å². The van der Waals surface area contributed by atoms with E-state index in [9.17, 15) is 9.59 Å². The minimum atomic E-state index is 0.0174. The maximum absolute atomic E-state index is 12.8. The van der Waals surface area contributed by atoms with Crippen molar-refractivity contribution in [2.24, 2.45) is 11.8 Å². The van der Waals surface area contributed by atoms with Crippen LogP contribution in [0.5, 0.6) is 11.5 Å². The van der Waals surface area contributed by atoms with Gasteiger partial charge in [-0.15, -0.1) is 0 Å². The van der Waals surface area contributed by atoms with E-state index in [2.05, 4.69) is 5.32 Å². The summed E-state index contributed by atoms with van der Waals surface area (Å²) in [7, 11) is 0. The Morgan fingerprint density at radius 1 is 1.19 bits per heavy atom. The van der Waals surface area contributed by atoms with Crippen molar-refractivity contribution in [1.29, 1.82) is 0 Å². The SMILES string of the molecule is CCNC(=O)N1CC[C@H]2CC(=O)N(Cc3ccc4c(c3)OCO4)CC[C@H]2C1. The molecule has 0 aliphatic carbocycles. The quantitative estimate of drug-likeness (QED) is 0.882. The molecule has 2 saturated heterocycles. The predicted octanol–water partition coefficient (Wildman–Crippen LogP) is 2.21. The maximum Gasteiger partial charge on any atom is 0.317 e. The molecule has 3 heterocycles. The lowest BCUT2D eigenvalue weighted by atomic mass is 9.82. The van der Waals surface area contributed by atoms with Gasteiger partial charge in [-0.3, -0.25) is 4.79 Å². The van der Waals surface area contributed by atoms with Gasteiger partial charge in [-0.05, 0) is 49.3 Å². The Balaban J connectivity index is 1.40. The molecule has 2 fully saturated rings. The highest BCUT2D eigenvalue weighted by molar-refractivity contribution is 5.77. The van der Waals surface area contributed by atoms with Crippen LogP contribution in [0.15, 0.2) is 18.2 Å². The van der Waals surface area contributed by atoms with Crippen molar-refractivity contribution in [2.75, 3.05) is 33.0 Å². The molecule has 0 unspecified atom stereocenters. The minimum absolute atomic E-state index is 0.0174. The monoisotopic (exact) mass is 373 g/mol. The van der Waals surface area contributed by atoms with Crippen LogP contribution in [-0.2, 0) is 11.3 Å². The number of hydrogen-bond donors (Lipinski definition) is 1. The van der Waals surface area contributed by atoms with Crippen molar-refractivity contribution in [1.82, 2.24) is 15.1 Å². The van der Waals surface area contributed by atoms with Crippen LogP contribution in [0.1, 0.15) is 31.7 Å². The average molecular weight is 373 g/mol. The lowest BCUT2D eigenvalue weighted by Gasteiger charge is -2.37. The number of urea groups is 1. The third-order valence-electron chi connectivity index (χ3n) is 5.88. The standard InChI is InChI=1S/C20H27N3O4/c1-2-21-20(25)23-8-5-15-10-19(24)22(7-6-16(15)12-23)11-14-3-4-17-18(9-14)27-13-26-17/h3-4,9,15-16H,2,5-8,10-13H2,1H3,(H,21,25)/t15-,16-/m0/s1. The van der Waals surface area contributed by atoms with E-state index in [1.807, 2.05) is 34.9 Å². The van der Waals surface area contributed by atoms with E-state index < -0.39 is 0 Å². The molecule has 7 heteroatoms. The number of carbonyl (C=O) groups excluding carboxylic acids is 2. The molecule has 3 aliphatic rings. The summed E-state index contributed by atoms with van der Waals surface area (Å²) in [5.41, 5.74) is 1.06. The van der Waals surface area contributed by atoms with E-state index >= 15 is 0 Å². The van der Waals surface area contributed by atoms with Gasteiger partial charge in [0.2, 0.25) is 12.7 Å². The minimum Gasteiger partial charge on any atom is -0.454 e. The van der Waals surface area contributed by atoms with Crippen molar-refractivity contribution in [3.05, 3.63) is 23.8 Å². The van der Waals surface area contributed by atoms with Crippen LogP contribution in [0.3, 0.4) is 0 Å². The summed E-state index contributed by atoms with van der Waals surface area (Å²) in [6.45, 7) is 5.65. The molecule has 1 aromatic carbocycles. The summed E-state index contributed by atoms with van der Waals surface area (Å²) < 4.78 is 10.8. The fraction of sp³-hybridized carbons (Fsp3) is 0.600. The number of likely N-dealkylation sites (tertiary alicyclic amines) is 2. The molecule has 1 aromatic rings. The molecule has 0 spiro atoms. The van der Waals surface area contributed by atoms with Gasteiger partial charge in [-0.25, -0.2) is 4.79 Å². The van der Waals surface area contributed by atoms with Crippen LogP contribution in [0.25, 0.3) is 0 Å². The highest BCUT2D eigenvalue weighted by Crippen LogP contribution is 2.35. The fourth-order valence-electron chi connectivity index (χ4n) is 4.35. The second-order valence-electron chi connectivity index (χ2n) is 7.59. The number of rotatable bonds is 3. The summed E-state index contributed by atoms with van der Waals surface area (Å²) in [4.78, 5) is 28.8. The van der Waals surface area contributed by atoms with E-state index in [1.165, 1.54) is 0 Å². The summed E-state index contributed by atoms with van der Waals surface area (Å²) in [5.74, 6) is 2.50. The topological polar surface area (TPSA) is 71.1 Å².